The Labute approximate surface area is 169 Å². The van der Waals surface area contributed by atoms with Crippen molar-refractivity contribution in [2.24, 2.45) is 17.8 Å². The molecule has 2 N–H and O–H groups in total. The number of halogens is 1. The highest BCUT2D eigenvalue weighted by atomic mass is 19.1. The summed E-state index contributed by atoms with van der Waals surface area (Å²) in [5.41, 5.74) is 6.13. The number of pyridine rings is 1. The number of hydrogen-bond donors (Lipinski definition) is 2. The number of carbonyl (C=O) groups excluding carboxylic acids is 2. The molecule has 2 amide bonds. The first-order valence-electron chi connectivity index (χ1n) is 10.3. The Hall–Kier alpha value is -2.76. The largest absolute Gasteiger partial charge is 0.272 e. The van der Waals surface area contributed by atoms with Crippen LogP contribution in [0.4, 0.5) is 4.39 Å². The topological polar surface area (TPSA) is 71.1 Å². The molecule has 150 valence electrons. The summed E-state index contributed by atoms with van der Waals surface area (Å²) in [6, 6.07) is 9.17. The second kappa shape index (κ2) is 6.94. The van der Waals surface area contributed by atoms with Crippen LogP contribution < -0.4 is 10.9 Å². The first-order valence-corrected chi connectivity index (χ1v) is 10.3. The Bertz CT molecular complexity index is 939. The van der Waals surface area contributed by atoms with E-state index in [0.717, 1.165) is 23.4 Å². The van der Waals surface area contributed by atoms with E-state index in [1.54, 1.807) is 18.3 Å². The molecule has 1 aromatic carbocycles. The molecule has 6 rings (SSSR count). The van der Waals surface area contributed by atoms with E-state index in [9.17, 15) is 14.0 Å². The number of rotatable bonds is 3. The lowest BCUT2D eigenvalue weighted by Crippen LogP contribution is -2.49. The summed E-state index contributed by atoms with van der Waals surface area (Å²) in [6.07, 6.45) is 9.23. The molecule has 1 aromatic heterocycles. The summed E-state index contributed by atoms with van der Waals surface area (Å²) in [4.78, 5) is 29.4. The quantitative estimate of drug-likeness (QED) is 0.780. The highest BCUT2D eigenvalue weighted by Crippen LogP contribution is 2.60. The highest BCUT2D eigenvalue weighted by molar-refractivity contribution is 5.99. The van der Waals surface area contributed by atoms with Gasteiger partial charge in [0.1, 0.15) is 5.82 Å². The van der Waals surface area contributed by atoms with E-state index in [4.69, 9.17) is 0 Å². The van der Waals surface area contributed by atoms with Gasteiger partial charge in [-0.05, 0) is 80.5 Å². The molecule has 4 aliphatic carbocycles. The van der Waals surface area contributed by atoms with Gasteiger partial charge in [-0.2, -0.15) is 0 Å². The minimum absolute atomic E-state index is 0.0987. The maximum absolute atomic E-state index is 13.7. The minimum atomic E-state index is -0.688. The number of nitrogens with zero attached hydrogens (tertiary/aromatic N) is 1. The van der Waals surface area contributed by atoms with Gasteiger partial charge in [0, 0.05) is 22.9 Å². The number of amides is 2. The third kappa shape index (κ3) is 3.30. The Balaban J connectivity index is 1.31. The second-order valence-corrected chi connectivity index (χ2v) is 9.02. The highest BCUT2D eigenvalue weighted by Gasteiger charge is 2.52. The van der Waals surface area contributed by atoms with Crippen molar-refractivity contribution in [2.75, 3.05) is 0 Å². The molecular formula is C23H24FN3O2. The SMILES string of the molecule is O=C(NNC(=O)c1ccccc1F)c1ccnc(C23CC4CC(CC(C4)C2)C3)c1. The Morgan fingerprint density at radius 3 is 2.21 bits per heavy atom. The zero-order valence-corrected chi connectivity index (χ0v) is 16.2. The normalized spacial score (nSPS) is 29.5. The predicted molar refractivity (Wildman–Crippen MR) is 105 cm³/mol. The molecule has 0 saturated heterocycles. The van der Waals surface area contributed by atoms with Crippen molar-refractivity contribution in [2.45, 2.75) is 43.9 Å². The van der Waals surface area contributed by atoms with Crippen LogP contribution in [0.2, 0.25) is 0 Å². The van der Waals surface area contributed by atoms with Gasteiger partial charge >= 0.3 is 0 Å². The summed E-state index contributed by atoms with van der Waals surface area (Å²) < 4.78 is 13.7. The van der Waals surface area contributed by atoms with Gasteiger partial charge in [-0.25, -0.2) is 4.39 Å². The number of aromatic nitrogens is 1. The van der Waals surface area contributed by atoms with Crippen molar-refractivity contribution >= 4 is 11.8 Å². The van der Waals surface area contributed by atoms with Crippen molar-refractivity contribution in [1.82, 2.24) is 15.8 Å². The van der Waals surface area contributed by atoms with Crippen LogP contribution in [0.15, 0.2) is 42.6 Å². The zero-order valence-electron chi connectivity index (χ0n) is 16.2. The summed E-state index contributed by atoms with van der Waals surface area (Å²) in [6.45, 7) is 0. The standard InChI is InChI=1S/C23H24FN3O2/c24-19-4-2-1-3-18(19)22(29)27-26-21(28)17-5-6-25-20(10-17)23-11-14-7-15(12-23)9-16(8-14)13-23/h1-6,10,14-16H,7-9,11-13H2,(H,26,28)(H,27,29). The van der Waals surface area contributed by atoms with Crippen LogP contribution in [-0.4, -0.2) is 16.8 Å². The first-order chi connectivity index (χ1) is 14.0. The first kappa shape index (κ1) is 18.3. The Kier molecular flexibility index (Phi) is 4.37. The summed E-state index contributed by atoms with van der Waals surface area (Å²) in [5, 5.41) is 0. The van der Waals surface area contributed by atoms with Gasteiger partial charge in [0.2, 0.25) is 0 Å². The molecular weight excluding hydrogens is 369 g/mol. The van der Waals surface area contributed by atoms with E-state index in [0.29, 0.717) is 5.56 Å². The third-order valence-corrected chi connectivity index (χ3v) is 7.01. The Morgan fingerprint density at radius 2 is 1.55 bits per heavy atom. The maximum Gasteiger partial charge on any atom is 0.272 e. The monoisotopic (exact) mass is 393 g/mol. The molecule has 2 aromatic rings. The van der Waals surface area contributed by atoms with Gasteiger partial charge in [0.15, 0.2) is 0 Å². The van der Waals surface area contributed by atoms with Gasteiger partial charge in [-0.3, -0.25) is 25.4 Å². The third-order valence-electron chi connectivity index (χ3n) is 7.01. The minimum Gasteiger partial charge on any atom is -0.267 e. The van der Waals surface area contributed by atoms with E-state index in [-0.39, 0.29) is 11.0 Å². The molecule has 0 radical (unpaired) electrons. The van der Waals surface area contributed by atoms with Gasteiger partial charge in [-0.1, -0.05) is 12.1 Å². The van der Waals surface area contributed by atoms with Crippen LogP contribution in [-0.2, 0) is 5.41 Å². The summed E-state index contributed by atoms with van der Waals surface area (Å²) in [7, 11) is 0. The van der Waals surface area contributed by atoms with Crippen LogP contribution in [0.1, 0.15) is 64.9 Å². The fourth-order valence-corrected chi connectivity index (χ4v) is 6.18. The molecule has 6 heteroatoms. The molecule has 1 heterocycles. The van der Waals surface area contributed by atoms with Crippen LogP contribution in [0.5, 0.6) is 0 Å². The number of nitrogens with one attached hydrogen (secondary N) is 2. The van der Waals surface area contributed by atoms with Crippen molar-refractivity contribution in [1.29, 1.82) is 0 Å². The van der Waals surface area contributed by atoms with E-state index in [1.807, 2.05) is 6.07 Å². The Morgan fingerprint density at radius 1 is 0.931 bits per heavy atom. The smallest absolute Gasteiger partial charge is 0.267 e. The van der Waals surface area contributed by atoms with E-state index >= 15 is 0 Å². The lowest BCUT2D eigenvalue weighted by Gasteiger charge is -2.56. The fourth-order valence-electron chi connectivity index (χ4n) is 6.18. The molecule has 0 aliphatic heterocycles. The summed E-state index contributed by atoms with van der Waals surface area (Å²) in [5.74, 6) is 0.629. The second-order valence-electron chi connectivity index (χ2n) is 9.02. The molecule has 0 spiro atoms. The van der Waals surface area contributed by atoms with Gasteiger partial charge in [0.05, 0.1) is 5.56 Å². The van der Waals surface area contributed by atoms with Gasteiger partial charge in [-0.15, -0.1) is 0 Å². The van der Waals surface area contributed by atoms with Crippen LogP contribution >= 0.6 is 0 Å². The summed E-state index contributed by atoms with van der Waals surface area (Å²) >= 11 is 0. The molecule has 29 heavy (non-hydrogen) atoms. The van der Waals surface area contributed by atoms with Crippen molar-refractivity contribution in [3.05, 3.63) is 65.2 Å². The van der Waals surface area contributed by atoms with Crippen LogP contribution in [0, 0.1) is 23.6 Å². The molecule has 0 atom stereocenters. The molecule has 4 saturated carbocycles. The average Bonchev–Trinajstić information content (AvgIpc) is 2.71. The van der Waals surface area contributed by atoms with Gasteiger partial charge in [0.25, 0.3) is 11.8 Å². The number of hydrazine groups is 1. The zero-order chi connectivity index (χ0) is 20.0. The number of carbonyl (C=O) groups is 2. The molecule has 0 unspecified atom stereocenters. The van der Waals surface area contributed by atoms with E-state index < -0.39 is 17.6 Å². The lowest BCUT2D eigenvalue weighted by atomic mass is 9.48. The van der Waals surface area contributed by atoms with E-state index in [1.165, 1.54) is 56.7 Å². The van der Waals surface area contributed by atoms with Gasteiger partial charge < -0.3 is 0 Å². The molecule has 4 aliphatic rings. The number of hydrogen-bond acceptors (Lipinski definition) is 3. The molecule has 4 fully saturated rings. The maximum atomic E-state index is 13.7. The number of benzene rings is 1. The lowest BCUT2D eigenvalue weighted by molar-refractivity contribution is -0.00722. The van der Waals surface area contributed by atoms with Crippen molar-refractivity contribution < 1.29 is 14.0 Å². The predicted octanol–water partition coefficient (Wildman–Crippen LogP) is 3.76. The van der Waals surface area contributed by atoms with Crippen LogP contribution in [0.3, 0.4) is 0 Å². The average molecular weight is 393 g/mol. The molecule has 5 nitrogen and oxygen atoms in total. The van der Waals surface area contributed by atoms with Crippen molar-refractivity contribution in [3.63, 3.8) is 0 Å². The molecule has 4 bridgehead atoms. The van der Waals surface area contributed by atoms with E-state index in [2.05, 4.69) is 15.8 Å². The van der Waals surface area contributed by atoms with Crippen LogP contribution in [0.25, 0.3) is 0 Å². The van der Waals surface area contributed by atoms with Crippen molar-refractivity contribution in [3.8, 4) is 0 Å². The fraction of sp³-hybridized carbons (Fsp3) is 0.435.